The average Bonchev–Trinajstić information content (AvgIpc) is 2.29. The summed E-state index contributed by atoms with van der Waals surface area (Å²) in [5, 5.41) is 0.683. The topological polar surface area (TPSA) is 20.3 Å². The van der Waals surface area contributed by atoms with Crippen LogP contribution in [0.5, 0.6) is 0 Å². The fraction of sp³-hybridized carbons (Fsp3) is 0.364. The first kappa shape index (κ1) is 13.6. The van der Waals surface area contributed by atoms with Crippen molar-refractivity contribution in [2.45, 2.75) is 6.92 Å². The molecule has 1 rings (SSSR count). The van der Waals surface area contributed by atoms with Crippen molar-refractivity contribution in [3.8, 4) is 0 Å². The highest BCUT2D eigenvalue weighted by Crippen LogP contribution is 2.19. The molecule has 0 atom stereocenters. The van der Waals surface area contributed by atoms with Crippen molar-refractivity contribution in [2.75, 3.05) is 18.4 Å². The predicted octanol–water partition coefficient (Wildman–Crippen LogP) is 3.45. The smallest absolute Gasteiger partial charge is 0.256 e. The lowest BCUT2D eigenvalue weighted by molar-refractivity contribution is 0.0770. The van der Waals surface area contributed by atoms with Gasteiger partial charge in [0.25, 0.3) is 5.91 Å². The van der Waals surface area contributed by atoms with E-state index in [0.717, 1.165) is 0 Å². The van der Waals surface area contributed by atoms with E-state index in [1.54, 1.807) is 17.0 Å². The van der Waals surface area contributed by atoms with Crippen LogP contribution in [0.25, 0.3) is 0 Å². The van der Waals surface area contributed by atoms with Crippen molar-refractivity contribution < 1.29 is 9.18 Å². The van der Waals surface area contributed by atoms with E-state index in [1.807, 2.05) is 6.92 Å². The monoisotopic (exact) mass is 351 g/mol. The lowest BCUT2D eigenvalue weighted by Crippen LogP contribution is -2.33. The summed E-state index contributed by atoms with van der Waals surface area (Å²) in [4.78, 5) is 13.6. The van der Waals surface area contributed by atoms with E-state index in [1.165, 1.54) is 6.07 Å². The van der Waals surface area contributed by atoms with Gasteiger partial charge in [0.2, 0.25) is 0 Å². The normalized spacial score (nSPS) is 10.2. The van der Waals surface area contributed by atoms with E-state index in [0.29, 0.717) is 22.9 Å². The number of alkyl halides is 1. The first-order valence-corrected chi connectivity index (χ1v) is 6.82. The highest BCUT2D eigenvalue weighted by molar-refractivity contribution is 9.10. The van der Waals surface area contributed by atoms with Crippen LogP contribution >= 0.6 is 31.9 Å². The lowest BCUT2D eigenvalue weighted by Gasteiger charge is -2.20. The highest BCUT2D eigenvalue weighted by atomic mass is 79.9. The Kier molecular flexibility index (Phi) is 5.41. The minimum absolute atomic E-state index is 0.108. The molecule has 1 aromatic carbocycles. The Morgan fingerprint density at radius 2 is 2.19 bits per heavy atom. The zero-order valence-electron chi connectivity index (χ0n) is 8.84. The maximum Gasteiger partial charge on any atom is 0.256 e. The number of carbonyl (C=O) groups excluding carboxylic acids is 1. The molecule has 0 aliphatic rings. The second kappa shape index (κ2) is 6.35. The minimum atomic E-state index is -0.500. The van der Waals surface area contributed by atoms with Crippen molar-refractivity contribution >= 4 is 37.8 Å². The molecule has 0 unspecified atom stereocenters. The largest absolute Gasteiger partial charge is 0.338 e. The number of carbonyl (C=O) groups is 1. The van der Waals surface area contributed by atoms with Gasteiger partial charge in [-0.25, -0.2) is 4.39 Å². The van der Waals surface area contributed by atoms with Crippen molar-refractivity contribution in [2.24, 2.45) is 0 Å². The molecule has 0 saturated heterocycles. The molecule has 0 N–H and O–H groups in total. The molecule has 16 heavy (non-hydrogen) atoms. The molecule has 0 saturated carbocycles. The summed E-state index contributed by atoms with van der Waals surface area (Å²) in [6.07, 6.45) is 0. The molecule has 0 heterocycles. The third kappa shape index (κ3) is 3.04. The van der Waals surface area contributed by atoms with Gasteiger partial charge >= 0.3 is 0 Å². The third-order valence-electron chi connectivity index (χ3n) is 2.21. The maximum atomic E-state index is 13.7. The van der Waals surface area contributed by atoms with Crippen LogP contribution in [0.3, 0.4) is 0 Å². The van der Waals surface area contributed by atoms with Crippen LogP contribution in [0, 0.1) is 5.82 Å². The molecular formula is C11H12Br2FNO. The number of halogens is 3. The van der Waals surface area contributed by atoms with Crippen LogP contribution in [-0.4, -0.2) is 29.2 Å². The second-order valence-electron chi connectivity index (χ2n) is 3.18. The Balaban J connectivity index is 2.99. The predicted molar refractivity (Wildman–Crippen MR) is 69.5 cm³/mol. The number of hydrogen-bond acceptors (Lipinski definition) is 1. The lowest BCUT2D eigenvalue weighted by atomic mass is 10.2. The number of nitrogens with zero attached hydrogens (tertiary/aromatic N) is 1. The molecule has 2 nitrogen and oxygen atoms in total. The van der Waals surface area contributed by atoms with E-state index < -0.39 is 5.82 Å². The molecule has 0 radical (unpaired) electrons. The summed E-state index contributed by atoms with van der Waals surface area (Å²) in [5.41, 5.74) is 0.108. The summed E-state index contributed by atoms with van der Waals surface area (Å²) in [5.74, 6) is -0.777. The van der Waals surface area contributed by atoms with Gasteiger partial charge in [-0.2, -0.15) is 0 Å². The Bertz CT molecular complexity index is 384. The molecule has 0 aromatic heterocycles. The van der Waals surface area contributed by atoms with Gasteiger partial charge in [0.15, 0.2) is 0 Å². The Morgan fingerprint density at radius 3 is 2.75 bits per heavy atom. The van der Waals surface area contributed by atoms with E-state index in [4.69, 9.17) is 0 Å². The van der Waals surface area contributed by atoms with Crippen molar-refractivity contribution in [1.82, 2.24) is 4.90 Å². The second-order valence-corrected chi connectivity index (χ2v) is 4.82. The zero-order chi connectivity index (χ0) is 12.1. The van der Waals surface area contributed by atoms with Crippen LogP contribution in [0.4, 0.5) is 4.39 Å². The summed E-state index contributed by atoms with van der Waals surface area (Å²) in [6.45, 7) is 3.01. The molecule has 0 fully saturated rings. The quantitative estimate of drug-likeness (QED) is 0.760. The molecule has 0 bridgehead atoms. The molecule has 1 aromatic rings. The van der Waals surface area contributed by atoms with Crippen LogP contribution in [0.15, 0.2) is 22.7 Å². The van der Waals surface area contributed by atoms with Crippen LogP contribution in [0.1, 0.15) is 17.3 Å². The van der Waals surface area contributed by atoms with Gasteiger partial charge in [-0.1, -0.05) is 22.0 Å². The SMILES string of the molecule is CCN(CCBr)C(=O)c1cccc(Br)c1F. The molecule has 0 aliphatic carbocycles. The van der Waals surface area contributed by atoms with E-state index in [-0.39, 0.29) is 11.5 Å². The van der Waals surface area contributed by atoms with Crippen molar-refractivity contribution in [1.29, 1.82) is 0 Å². The van der Waals surface area contributed by atoms with E-state index in [9.17, 15) is 9.18 Å². The van der Waals surface area contributed by atoms with Crippen LogP contribution in [0.2, 0.25) is 0 Å². The molecule has 5 heteroatoms. The molecule has 0 aliphatic heterocycles. The zero-order valence-corrected chi connectivity index (χ0v) is 12.0. The summed E-state index contributed by atoms with van der Waals surface area (Å²) < 4.78 is 14.0. The molecule has 88 valence electrons. The van der Waals surface area contributed by atoms with Crippen LogP contribution < -0.4 is 0 Å². The average molecular weight is 353 g/mol. The molecule has 1 amide bonds. The van der Waals surface area contributed by atoms with Gasteiger partial charge in [0.1, 0.15) is 5.82 Å². The van der Waals surface area contributed by atoms with Gasteiger partial charge < -0.3 is 4.90 Å². The number of hydrogen-bond donors (Lipinski definition) is 0. The van der Waals surface area contributed by atoms with Crippen LogP contribution in [-0.2, 0) is 0 Å². The molecular weight excluding hydrogens is 341 g/mol. The number of amides is 1. The van der Waals surface area contributed by atoms with Crippen molar-refractivity contribution in [3.05, 3.63) is 34.1 Å². The Morgan fingerprint density at radius 1 is 1.50 bits per heavy atom. The van der Waals surface area contributed by atoms with Gasteiger partial charge in [-0.3, -0.25) is 4.79 Å². The summed E-state index contributed by atoms with van der Waals surface area (Å²) in [7, 11) is 0. The summed E-state index contributed by atoms with van der Waals surface area (Å²) >= 11 is 6.34. The number of rotatable bonds is 4. The Labute approximate surface area is 111 Å². The Hall–Kier alpha value is -0.420. The van der Waals surface area contributed by atoms with E-state index >= 15 is 0 Å². The van der Waals surface area contributed by atoms with Gasteiger partial charge in [0, 0.05) is 18.4 Å². The number of benzene rings is 1. The first-order chi connectivity index (χ1) is 7.61. The fourth-order valence-corrected chi connectivity index (χ4v) is 2.14. The third-order valence-corrected chi connectivity index (χ3v) is 3.17. The van der Waals surface area contributed by atoms with E-state index in [2.05, 4.69) is 31.9 Å². The standard InChI is InChI=1S/C11H12Br2FNO/c1-2-15(7-6-12)11(16)8-4-3-5-9(13)10(8)14/h3-5H,2,6-7H2,1H3. The highest BCUT2D eigenvalue weighted by Gasteiger charge is 2.18. The maximum absolute atomic E-state index is 13.7. The first-order valence-electron chi connectivity index (χ1n) is 4.91. The summed E-state index contributed by atoms with van der Waals surface area (Å²) in [6, 6.07) is 4.73. The van der Waals surface area contributed by atoms with Gasteiger partial charge in [-0.15, -0.1) is 0 Å². The van der Waals surface area contributed by atoms with Gasteiger partial charge in [0.05, 0.1) is 10.0 Å². The van der Waals surface area contributed by atoms with Crippen molar-refractivity contribution in [3.63, 3.8) is 0 Å². The van der Waals surface area contributed by atoms with Gasteiger partial charge in [-0.05, 0) is 35.0 Å². The molecule has 0 spiro atoms. The minimum Gasteiger partial charge on any atom is -0.338 e. The fourth-order valence-electron chi connectivity index (χ4n) is 1.34.